The molecule has 0 unspecified atom stereocenters. The molecule has 1 N–H and O–H groups in total. The summed E-state index contributed by atoms with van der Waals surface area (Å²) in [5.41, 5.74) is 2.28. The number of amides is 1. The molecule has 1 aromatic carbocycles. The van der Waals surface area contributed by atoms with Crippen molar-refractivity contribution in [3.63, 3.8) is 0 Å². The summed E-state index contributed by atoms with van der Waals surface area (Å²) >= 11 is 0. The standard InChI is InChI=1S/C18H17FN4O/c1-12(14-6-8-15(19)9-7-14)11-17(24)20-13(2)18-22-21-16-5-3-4-10-23(16)18/h3-11,13H,1-2H3,(H,20,24)/b12-11+/t13-/m1/s1. The van der Waals surface area contributed by atoms with Gasteiger partial charge in [0, 0.05) is 12.3 Å². The van der Waals surface area contributed by atoms with E-state index in [1.54, 1.807) is 12.1 Å². The van der Waals surface area contributed by atoms with Gasteiger partial charge >= 0.3 is 0 Å². The molecule has 2 aromatic heterocycles. The topological polar surface area (TPSA) is 59.3 Å². The third kappa shape index (κ3) is 3.32. The second-order valence-corrected chi connectivity index (χ2v) is 5.55. The lowest BCUT2D eigenvalue weighted by atomic mass is 10.1. The molecule has 1 atom stereocenters. The molecule has 0 aliphatic rings. The predicted molar refractivity (Wildman–Crippen MR) is 89.6 cm³/mol. The average Bonchev–Trinajstić information content (AvgIpc) is 2.99. The first-order valence-corrected chi connectivity index (χ1v) is 7.59. The van der Waals surface area contributed by atoms with Crippen LogP contribution in [0.4, 0.5) is 4.39 Å². The molecule has 0 fully saturated rings. The van der Waals surface area contributed by atoms with E-state index in [9.17, 15) is 9.18 Å². The van der Waals surface area contributed by atoms with Crippen molar-refractivity contribution in [1.29, 1.82) is 0 Å². The Labute approximate surface area is 138 Å². The van der Waals surface area contributed by atoms with Crippen molar-refractivity contribution < 1.29 is 9.18 Å². The van der Waals surface area contributed by atoms with E-state index in [-0.39, 0.29) is 17.8 Å². The maximum absolute atomic E-state index is 13.0. The first kappa shape index (κ1) is 15.9. The SMILES string of the molecule is C/C(=C\C(=O)N[C@H](C)c1nnc2ccccn12)c1ccc(F)cc1. The minimum Gasteiger partial charge on any atom is -0.343 e. The zero-order chi connectivity index (χ0) is 17.1. The summed E-state index contributed by atoms with van der Waals surface area (Å²) in [6.07, 6.45) is 3.35. The molecule has 1 amide bonds. The number of nitrogens with zero attached hydrogens (tertiary/aromatic N) is 3. The van der Waals surface area contributed by atoms with Crippen molar-refractivity contribution in [3.05, 3.63) is 71.9 Å². The zero-order valence-electron chi connectivity index (χ0n) is 13.4. The number of pyridine rings is 1. The minimum atomic E-state index is -0.302. The number of carbonyl (C=O) groups excluding carboxylic acids is 1. The molecular formula is C18H17FN4O. The lowest BCUT2D eigenvalue weighted by Gasteiger charge is -2.11. The lowest BCUT2D eigenvalue weighted by Crippen LogP contribution is -2.26. The molecule has 5 nitrogen and oxygen atoms in total. The maximum Gasteiger partial charge on any atom is 0.244 e. The Bertz CT molecular complexity index is 899. The van der Waals surface area contributed by atoms with Crippen LogP contribution in [0.3, 0.4) is 0 Å². The van der Waals surface area contributed by atoms with Crippen molar-refractivity contribution in [2.75, 3.05) is 0 Å². The van der Waals surface area contributed by atoms with Crippen molar-refractivity contribution in [2.45, 2.75) is 19.9 Å². The maximum atomic E-state index is 13.0. The zero-order valence-corrected chi connectivity index (χ0v) is 13.4. The van der Waals surface area contributed by atoms with E-state index >= 15 is 0 Å². The monoisotopic (exact) mass is 324 g/mol. The van der Waals surface area contributed by atoms with Crippen LogP contribution in [0.2, 0.25) is 0 Å². The van der Waals surface area contributed by atoms with Crippen molar-refractivity contribution in [1.82, 2.24) is 19.9 Å². The lowest BCUT2D eigenvalue weighted by molar-refractivity contribution is -0.117. The highest BCUT2D eigenvalue weighted by molar-refractivity contribution is 5.95. The Balaban J connectivity index is 1.74. The summed E-state index contributed by atoms with van der Waals surface area (Å²) in [5.74, 6) is 0.118. The van der Waals surface area contributed by atoms with Crippen LogP contribution in [0.5, 0.6) is 0 Å². The van der Waals surface area contributed by atoms with Crippen LogP contribution < -0.4 is 5.32 Å². The molecular weight excluding hydrogens is 307 g/mol. The number of nitrogens with one attached hydrogen (secondary N) is 1. The van der Waals surface area contributed by atoms with Gasteiger partial charge in [-0.3, -0.25) is 9.20 Å². The Hall–Kier alpha value is -3.02. The van der Waals surface area contributed by atoms with Gasteiger partial charge in [-0.15, -0.1) is 10.2 Å². The molecule has 0 saturated carbocycles. The van der Waals surface area contributed by atoms with E-state index in [4.69, 9.17) is 0 Å². The number of hydrogen-bond donors (Lipinski definition) is 1. The highest BCUT2D eigenvalue weighted by atomic mass is 19.1. The van der Waals surface area contributed by atoms with Gasteiger partial charge in [0.25, 0.3) is 0 Å². The van der Waals surface area contributed by atoms with Crippen molar-refractivity contribution >= 4 is 17.1 Å². The van der Waals surface area contributed by atoms with Gasteiger partial charge in [0.05, 0.1) is 6.04 Å². The minimum absolute atomic E-state index is 0.239. The number of aromatic nitrogens is 3. The number of fused-ring (bicyclic) bond motifs is 1. The van der Waals surface area contributed by atoms with E-state index in [0.29, 0.717) is 5.82 Å². The van der Waals surface area contributed by atoms with Crippen molar-refractivity contribution in [3.8, 4) is 0 Å². The molecule has 0 radical (unpaired) electrons. The highest BCUT2D eigenvalue weighted by Crippen LogP contribution is 2.15. The van der Waals surface area contributed by atoms with Gasteiger partial charge in [-0.25, -0.2) is 4.39 Å². The Morgan fingerprint density at radius 3 is 2.71 bits per heavy atom. The first-order chi connectivity index (χ1) is 11.5. The van der Waals surface area contributed by atoms with Crippen molar-refractivity contribution in [2.24, 2.45) is 0 Å². The molecule has 122 valence electrons. The summed E-state index contributed by atoms with van der Waals surface area (Å²) in [5, 5.41) is 11.1. The molecule has 0 aliphatic heterocycles. The van der Waals surface area contributed by atoms with Crippen LogP contribution in [0.15, 0.2) is 54.7 Å². The molecule has 24 heavy (non-hydrogen) atoms. The second kappa shape index (κ2) is 6.62. The number of hydrogen-bond acceptors (Lipinski definition) is 3. The Kier molecular flexibility index (Phi) is 4.37. The molecule has 6 heteroatoms. The van der Waals surface area contributed by atoms with Gasteiger partial charge in [0.2, 0.25) is 5.91 Å². The van der Waals surface area contributed by atoms with Gasteiger partial charge in [-0.05, 0) is 49.2 Å². The first-order valence-electron chi connectivity index (χ1n) is 7.59. The molecule has 0 aliphatic carbocycles. The molecule has 0 spiro atoms. The van der Waals surface area contributed by atoms with E-state index in [0.717, 1.165) is 16.8 Å². The summed E-state index contributed by atoms with van der Waals surface area (Å²) < 4.78 is 14.8. The van der Waals surface area contributed by atoms with Gasteiger partial charge in [0.15, 0.2) is 11.5 Å². The summed E-state index contributed by atoms with van der Waals surface area (Å²) in [4.78, 5) is 12.2. The smallest absolute Gasteiger partial charge is 0.244 e. The third-order valence-corrected chi connectivity index (χ3v) is 3.73. The second-order valence-electron chi connectivity index (χ2n) is 5.55. The molecule has 3 rings (SSSR count). The Morgan fingerprint density at radius 2 is 1.96 bits per heavy atom. The number of carbonyl (C=O) groups is 1. The number of benzene rings is 1. The van der Waals surface area contributed by atoms with Crippen LogP contribution in [0.25, 0.3) is 11.2 Å². The normalized spacial score (nSPS) is 13.0. The van der Waals surface area contributed by atoms with E-state index in [1.807, 2.05) is 42.6 Å². The number of allylic oxidation sites excluding steroid dienone is 1. The molecule has 0 bridgehead atoms. The third-order valence-electron chi connectivity index (χ3n) is 3.73. The van der Waals surface area contributed by atoms with E-state index in [2.05, 4.69) is 15.5 Å². The summed E-state index contributed by atoms with van der Waals surface area (Å²) in [6, 6.07) is 11.3. The summed E-state index contributed by atoms with van der Waals surface area (Å²) in [6.45, 7) is 3.66. The van der Waals surface area contributed by atoms with E-state index in [1.165, 1.54) is 18.2 Å². The van der Waals surface area contributed by atoms with Gasteiger partial charge in [0.1, 0.15) is 5.82 Å². The van der Waals surface area contributed by atoms with Crippen LogP contribution in [0.1, 0.15) is 31.3 Å². The van der Waals surface area contributed by atoms with E-state index < -0.39 is 0 Å². The van der Waals surface area contributed by atoms with Crippen LogP contribution >= 0.6 is 0 Å². The van der Waals surface area contributed by atoms with Gasteiger partial charge in [-0.2, -0.15) is 0 Å². The fourth-order valence-electron chi connectivity index (χ4n) is 2.47. The summed E-state index contributed by atoms with van der Waals surface area (Å²) in [7, 11) is 0. The molecule has 2 heterocycles. The van der Waals surface area contributed by atoms with Gasteiger partial charge in [-0.1, -0.05) is 18.2 Å². The van der Waals surface area contributed by atoms with Crippen LogP contribution in [-0.2, 0) is 4.79 Å². The number of rotatable bonds is 4. The van der Waals surface area contributed by atoms with Gasteiger partial charge < -0.3 is 5.32 Å². The van der Waals surface area contributed by atoms with Crippen LogP contribution in [0, 0.1) is 5.82 Å². The average molecular weight is 324 g/mol. The predicted octanol–water partition coefficient (Wildman–Crippen LogP) is 3.15. The molecule has 0 saturated heterocycles. The highest BCUT2D eigenvalue weighted by Gasteiger charge is 2.14. The fraction of sp³-hybridized carbons (Fsp3) is 0.167. The van der Waals surface area contributed by atoms with Crippen LogP contribution in [-0.4, -0.2) is 20.5 Å². The molecule has 3 aromatic rings. The quantitative estimate of drug-likeness (QED) is 0.750. The number of halogens is 1. The largest absolute Gasteiger partial charge is 0.343 e. The fourth-order valence-corrected chi connectivity index (χ4v) is 2.47. The Morgan fingerprint density at radius 1 is 1.21 bits per heavy atom.